The summed E-state index contributed by atoms with van der Waals surface area (Å²) in [7, 11) is 0. The number of nitrogens with zero attached hydrogens (tertiary/aromatic N) is 2. The van der Waals surface area contributed by atoms with Gasteiger partial charge in [-0.1, -0.05) is 6.92 Å². The summed E-state index contributed by atoms with van der Waals surface area (Å²) in [4.78, 5) is 7.07. The number of hydrogen-bond donors (Lipinski definition) is 2. The van der Waals surface area contributed by atoms with Crippen LogP contribution in [0.4, 0.5) is 0 Å². The summed E-state index contributed by atoms with van der Waals surface area (Å²) in [5.74, 6) is 2.19. The van der Waals surface area contributed by atoms with Gasteiger partial charge >= 0.3 is 0 Å². The van der Waals surface area contributed by atoms with Crippen LogP contribution in [0.3, 0.4) is 0 Å². The van der Waals surface area contributed by atoms with Gasteiger partial charge in [0, 0.05) is 32.2 Å². The van der Waals surface area contributed by atoms with Gasteiger partial charge in [0.2, 0.25) is 0 Å². The van der Waals surface area contributed by atoms with Crippen LogP contribution < -0.4 is 10.6 Å². The molecule has 0 heterocycles. The molecule has 0 rings (SSSR count). The Morgan fingerprint density at radius 1 is 1.19 bits per heavy atom. The van der Waals surface area contributed by atoms with E-state index in [4.69, 9.17) is 0 Å². The quantitative estimate of drug-likeness (QED) is 0.229. The maximum atomic E-state index is 4.62. The highest BCUT2D eigenvalue weighted by Gasteiger charge is 2.06. The van der Waals surface area contributed by atoms with Crippen molar-refractivity contribution in [1.82, 2.24) is 15.5 Å². The number of likely N-dealkylation sites (N-methyl/N-ethyl adjacent to an activating group) is 1. The molecule has 0 aliphatic heterocycles. The number of hydrogen-bond acceptors (Lipinski definition) is 3. The Balaban J connectivity index is 0. The highest BCUT2D eigenvalue weighted by molar-refractivity contribution is 14.0. The minimum atomic E-state index is 0. The molecule has 0 aromatic rings. The largest absolute Gasteiger partial charge is 0.357 e. The molecule has 0 saturated carbocycles. The predicted octanol–water partition coefficient (Wildman–Crippen LogP) is 3.03. The SMILES string of the molecule is CCNC(=NCCCCSC)NCCN(CC)C(C)C.I. The molecule has 2 N–H and O–H groups in total. The molecule has 0 bridgehead atoms. The van der Waals surface area contributed by atoms with Crippen molar-refractivity contribution in [3.63, 3.8) is 0 Å². The lowest BCUT2D eigenvalue weighted by molar-refractivity contribution is 0.237. The smallest absolute Gasteiger partial charge is 0.191 e. The van der Waals surface area contributed by atoms with Crippen LogP contribution in [-0.2, 0) is 0 Å². The number of halogens is 1. The van der Waals surface area contributed by atoms with E-state index in [2.05, 4.69) is 54.5 Å². The molecule has 0 amide bonds. The van der Waals surface area contributed by atoms with Crippen LogP contribution in [0, 0.1) is 0 Å². The molecule has 0 unspecified atom stereocenters. The first-order chi connectivity index (χ1) is 9.65. The van der Waals surface area contributed by atoms with E-state index < -0.39 is 0 Å². The third-order valence-corrected chi connectivity index (χ3v) is 3.90. The summed E-state index contributed by atoms with van der Waals surface area (Å²) >= 11 is 1.91. The molecule has 0 fully saturated rings. The van der Waals surface area contributed by atoms with Gasteiger partial charge < -0.3 is 10.6 Å². The van der Waals surface area contributed by atoms with Crippen molar-refractivity contribution in [1.29, 1.82) is 0 Å². The van der Waals surface area contributed by atoms with E-state index in [0.717, 1.165) is 38.7 Å². The van der Waals surface area contributed by atoms with Gasteiger partial charge in [0.05, 0.1) is 0 Å². The van der Waals surface area contributed by atoms with Crippen LogP contribution in [0.1, 0.15) is 40.5 Å². The monoisotopic (exact) mass is 430 g/mol. The molecule has 6 heteroatoms. The van der Waals surface area contributed by atoms with E-state index in [9.17, 15) is 0 Å². The maximum absolute atomic E-state index is 4.62. The first kappa shape index (κ1) is 23.6. The average Bonchev–Trinajstić information content (AvgIpc) is 2.42. The maximum Gasteiger partial charge on any atom is 0.191 e. The van der Waals surface area contributed by atoms with Crippen LogP contribution in [0.15, 0.2) is 4.99 Å². The molecule has 0 radical (unpaired) electrons. The van der Waals surface area contributed by atoms with Gasteiger partial charge in [-0.05, 0) is 52.2 Å². The first-order valence-electron chi connectivity index (χ1n) is 7.90. The number of thioether (sulfide) groups is 1. The number of aliphatic imine (C=N–C) groups is 1. The van der Waals surface area contributed by atoms with Crippen LogP contribution in [0.2, 0.25) is 0 Å². The number of guanidine groups is 1. The molecule has 21 heavy (non-hydrogen) atoms. The Morgan fingerprint density at radius 2 is 1.90 bits per heavy atom. The highest BCUT2D eigenvalue weighted by atomic mass is 127. The van der Waals surface area contributed by atoms with Crippen LogP contribution in [-0.4, -0.2) is 61.6 Å². The average molecular weight is 430 g/mol. The molecule has 0 aromatic carbocycles. The summed E-state index contributed by atoms with van der Waals surface area (Å²) in [5.41, 5.74) is 0. The Bertz CT molecular complexity index is 250. The Labute approximate surface area is 153 Å². The van der Waals surface area contributed by atoms with Crippen molar-refractivity contribution in [2.45, 2.75) is 46.6 Å². The van der Waals surface area contributed by atoms with E-state index in [1.165, 1.54) is 18.6 Å². The molecular weight excluding hydrogens is 395 g/mol. The van der Waals surface area contributed by atoms with Gasteiger partial charge in [-0.15, -0.1) is 24.0 Å². The van der Waals surface area contributed by atoms with E-state index >= 15 is 0 Å². The van der Waals surface area contributed by atoms with Gasteiger partial charge in [0.15, 0.2) is 5.96 Å². The summed E-state index contributed by atoms with van der Waals surface area (Å²) in [6.07, 6.45) is 4.58. The van der Waals surface area contributed by atoms with Gasteiger partial charge in [-0.3, -0.25) is 9.89 Å². The van der Waals surface area contributed by atoms with Gasteiger partial charge in [0.25, 0.3) is 0 Å². The molecule has 0 saturated heterocycles. The second-order valence-electron chi connectivity index (χ2n) is 5.11. The minimum Gasteiger partial charge on any atom is -0.357 e. The zero-order valence-corrected chi connectivity index (χ0v) is 17.6. The second kappa shape index (κ2) is 16.7. The summed E-state index contributed by atoms with van der Waals surface area (Å²) in [5, 5.41) is 6.73. The fraction of sp³-hybridized carbons (Fsp3) is 0.933. The third kappa shape index (κ3) is 13.7. The normalized spacial score (nSPS) is 11.7. The molecule has 0 spiro atoms. The lowest BCUT2D eigenvalue weighted by atomic mass is 10.3. The lowest BCUT2D eigenvalue weighted by Gasteiger charge is -2.25. The Hall–Kier alpha value is 0.310. The Morgan fingerprint density at radius 3 is 2.43 bits per heavy atom. The summed E-state index contributed by atoms with van der Waals surface area (Å²) in [6, 6.07) is 0.605. The first-order valence-corrected chi connectivity index (χ1v) is 9.30. The van der Waals surface area contributed by atoms with E-state index in [1.54, 1.807) is 0 Å². The van der Waals surface area contributed by atoms with E-state index in [0.29, 0.717) is 6.04 Å². The molecule has 0 aromatic heterocycles. The number of nitrogens with one attached hydrogen (secondary N) is 2. The van der Waals surface area contributed by atoms with Crippen molar-refractivity contribution >= 4 is 41.7 Å². The molecule has 0 aliphatic rings. The number of rotatable bonds is 11. The van der Waals surface area contributed by atoms with Gasteiger partial charge in [0.1, 0.15) is 0 Å². The molecule has 0 atom stereocenters. The van der Waals surface area contributed by atoms with Crippen molar-refractivity contribution in [2.75, 3.05) is 44.7 Å². The zero-order chi connectivity index (χ0) is 15.2. The molecular formula is C15H35IN4S. The van der Waals surface area contributed by atoms with Crippen LogP contribution >= 0.6 is 35.7 Å². The van der Waals surface area contributed by atoms with Gasteiger partial charge in [-0.25, -0.2) is 0 Å². The standard InChI is InChI=1S/C15H34N4S.HI/c1-6-16-15(17-10-8-9-13-20-5)18-11-12-19(7-2)14(3)4;/h14H,6-13H2,1-5H3,(H2,16,17,18);1H. The third-order valence-electron chi connectivity index (χ3n) is 3.20. The topological polar surface area (TPSA) is 39.7 Å². The minimum absolute atomic E-state index is 0. The van der Waals surface area contributed by atoms with E-state index in [-0.39, 0.29) is 24.0 Å². The van der Waals surface area contributed by atoms with Crippen molar-refractivity contribution in [2.24, 2.45) is 4.99 Å². The summed E-state index contributed by atoms with van der Waals surface area (Å²) in [6.45, 7) is 13.7. The van der Waals surface area contributed by atoms with E-state index in [1.807, 2.05) is 11.8 Å². The van der Waals surface area contributed by atoms with Gasteiger partial charge in [-0.2, -0.15) is 11.8 Å². The lowest BCUT2D eigenvalue weighted by Crippen LogP contribution is -2.43. The molecule has 4 nitrogen and oxygen atoms in total. The summed E-state index contributed by atoms with van der Waals surface area (Å²) < 4.78 is 0. The van der Waals surface area contributed by atoms with Crippen LogP contribution in [0.5, 0.6) is 0 Å². The number of unbranched alkanes of at least 4 members (excludes halogenated alkanes) is 1. The van der Waals surface area contributed by atoms with Crippen molar-refractivity contribution in [3.8, 4) is 0 Å². The Kier molecular flexibility index (Phi) is 18.7. The van der Waals surface area contributed by atoms with Crippen molar-refractivity contribution < 1.29 is 0 Å². The fourth-order valence-corrected chi connectivity index (χ4v) is 2.48. The highest BCUT2D eigenvalue weighted by Crippen LogP contribution is 1.99. The molecule has 128 valence electrons. The molecule has 0 aliphatic carbocycles. The van der Waals surface area contributed by atoms with Crippen molar-refractivity contribution in [3.05, 3.63) is 0 Å². The fourth-order valence-electron chi connectivity index (χ4n) is 1.99. The van der Waals surface area contributed by atoms with Crippen LogP contribution in [0.25, 0.3) is 0 Å². The predicted molar refractivity (Wildman–Crippen MR) is 109 cm³/mol. The zero-order valence-electron chi connectivity index (χ0n) is 14.4. The second-order valence-corrected chi connectivity index (χ2v) is 6.10.